The molecule has 1 aromatic rings. The van der Waals surface area contributed by atoms with Crippen LogP contribution in [0.25, 0.3) is 0 Å². The number of nitrogens with zero attached hydrogens (tertiary/aromatic N) is 2. The van der Waals surface area contributed by atoms with E-state index in [1.165, 1.54) is 6.07 Å². The van der Waals surface area contributed by atoms with Crippen LogP contribution in [0.5, 0.6) is 0 Å². The summed E-state index contributed by atoms with van der Waals surface area (Å²) in [5.74, 6) is -0.190. The SMILES string of the molecule is N#Cc1c(F)cccc1N1C[C@@H]2CCS(=O)(=O)[C@@H]2C1. The van der Waals surface area contributed by atoms with Crippen molar-refractivity contribution in [1.82, 2.24) is 0 Å². The van der Waals surface area contributed by atoms with E-state index in [1.54, 1.807) is 12.1 Å². The fourth-order valence-corrected chi connectivity index (χ4v) is 5.23. The quantitative estimate of drug-likeness (QED) is 0.778. The molecule has 0 saturated carbocycles. The zero-order valence-electron chi connectivity index (χ0n) is 10.2. The highest BCUT2D eigenvalue weighted by Crippen LogP contribution is 2.37. The second-order valence-corrected chi connectivity index (χ2v) is 7.44. The number of hydrogen-bond acceptors (Lipinski definition) is 4. The molecule has 3 rings (SSSR count). The third-order valence-electron chi connectivity index (χ3n) is 4.06. The molecule has 0 N–H and O–H groups in total. The molecule has 1 aromatic carbocycles. The molecular weight excluding hydrogens is 267 g/mol. The fourth-order valence-electron chi connectivity index (χ4n) is 3.08. The number of halogens is 1. The van der Waals surface area contributed by atoms with Gasteiger partial charge in [-0.3, -0.25) is 0 Å². The summed E-state index contributed by atoms with van der Waals surface area (Å²) in [5, 5.41) is 8.67. The van der Waals surface area contributed by atoms with Crippen LogP contribution in [0.3, 0.4) is 0 Å². The summed E-state index contributed by atoms with van der Waals surface area (Å²) in [6.07, 6.45) is 0.667. The molecule has 0 aliphatic carbocycles. The smallest absolute Gasteiger partial charge is 0.155 e. The Labute approximate surface area is 111 Å². The third-order valence-corrected chi connectivity index (χ3v) is 6.32. The van der Waals surface area contributed by atoms with Crippen molar-refractivity contribution in [2.24, 2.45) is 5.92 Å². The molecule has 0 spiro atoms. The van der Waals surface area contributed by atoms with E-state index in [2.05, 4.69) is 0 Å². The maximum Gasteiger partial charge on any atom is 0.155 e. The number of fused-ring (bicyclic) bond motifs is 1. The molecule has 100 valence electrons. The van der Waals surface area contributed by atoms with Crippen LogP contribution in [0, 0.1) is 23.1 Å². The predicted octanol–water partition coefficient (Wildman–Crippen LogP) is 1.32. The van der Waals surface area contributed by atoms with Gasteiger partial charge in [-0.25, -0.2) is 12.8 Å². The largest absolute Gasteiger partial charge is 0.369 e. The van der Waals surface area contributed by atoms with Crippen LogP contribution in [0.1, 0.15) is 12.0 Å². The normalized spacial score (nSPS) is 28.1. The highest BCUT2D eigenvalue weighted by Gasteiger charge is 2.46. The van der Waals surface area contributed by atoms with Crippen LogP contribution in [-0.2, 0) is 9.84 Å². The number of hydrogen-bond donors (Lipinski definition) is 0. The van der Waals surface area contributed by atoms with Crippen molar-refractivity contribution >= 4 is 15.5 Å². The summed E-state index contributed by atoms with van der Waals surface area (Å²) in [6.45, 7) is 0.952. The van der Waals surface area contributed by atoms with Crippen molar-refractivity contribution < 1.29 is 12.8 Å². The molecule has 2 aliphatic heterocycles. The summed E-state index contributed by atoms with van der Waals surface area (Å²) in [4.78, 5) is 1.83. The van der Waals surface area contributed by atoms with Gasteiger partial charge in [-0.1, -0.05) is 6.07 Å². The van der Waals surface area contributed by atoms with Crippen LogP contribution in [0.4, 0.5) is 10.1 Å². The molecular formula is C13H13FN2O2S. The highest BCUT2D eigenvalue weighted by molar-refractivity contribution is 7.92. The van der Waals surface area contributed by atoms with Gasteiger partial charge >= 0.3 is 0 Å². The van der Waals surface area contributed by atoms with Crippen LogP contribution < -0.4 is 4.90 Å². The number of nitriles is 1. The summed E-state index contributed by atoms with van der Waals surface area (Å²) in [6, 6.07) is 6.33. The Morgan fingerprint density at radius 1 is 1.37 bits per heavy atom. The van der Waals surface area contributed by atoms with Crippen LogP contribution in [0.15, 0.2) is 18.2 Å². The van der Waals surface area contributed by atoms with Gasteiger partial charge < -0.3 is 4.90 Å². The first-order chi connectivity index (χ1) is 9.03. The second kappa shape index (κ2) is 4.20. The molecule has 0 aromatic heterocycles. The summed E-state index contributed by atoms with van der Waals surface area (Å²) in [7, 11) is -3.01. The molecule has 4 nitrogen and oxygen atoms in total. The van der Waals surface area contributed by atoms with E-state index in [0.29, 0.717) is 25.2 Å². The van der Waals surface area contributed by atoms with Gasteiger partial charge in [0.2, 0.25) is 0 Å². The minimum Gasteiger partial charge on any atom is -0.369 e. The van der Waals surface area contributed by atoms with Crippen LogP contribution in [0.2, 0.25) is 0 Å². The van der Waals surface area contributed by atoms with Crippen molar-refractivity contribution in [2.75, 3.05) is 23.7 Å². The molecule has 2 atom stereocenters. The summed E-state index contributed by atoms with van der Waals surface area (Å²) >= 11 is 0. The van der Waals surface area contributed by atoms with Crippen molar-refractivity contribution in [2.45, 2.75) is 11.7 Å². The Morgan fingerprint density at radius 3 is 2.84 bits per heavy atom. The Bertz CT molecular complexity index is 666. The number of rotatable bonds is 1. The first-order valence-corrected chi connectivity index (χ1v) is 7.89. The first-order valence-electron chi connectivity index (χ1n) is 6.18. The molecule has 2 aliphatic rings. The van der Waals surface area contributed by atoms with E-state index in [9.17, 15) is 12.8 Å². The van der Waals surface area contributed by atoms with Crippen molar-refractivity contribution in [3.05, 3.63) is 29.6 Å². The summed E-state index contributed by atoms with van der Waals surface area (Å²) < 4.78 is 37.3. The minimum atomic E-state index is -3.01. The van der Waals surface area contributed by atoms with E-state index >= 15 is 0 Å². The lowest BCUT2D eigenvalue weighted by atomic mass is 10.1. The Morgan fingerprint density at radius 2 is 2.16 bits per heavy atom. The third kappa shape index (κ3) is 1.89. The van der Waals surface area contributed by atoms with E-state index in [4.69, 9.17) is 5.26 Å². The average Bonchev–Trinajstić information content (AvgIpc) is 2.91. The zero-order chi connectivity index (χ0) is 13.6. The standard InChI is InChI=1S/C13H13FN2O2S/c14-11-2-1-3-12(10(11)6-15)16-7-9-4-5-19(17,18)13(9)8-16/h1-3,9,13H,4-5,7-8H2/t9-,13+/m0/s1. The molecule has 2 saturated heterocycles. The lowest BCUT2D eigenvalue weighted by Crippen LogP contribution is -2.27. The van der Waals surface area contributed by atoms with Crippen LogP contribution in [-0.4, -0.2) is 32.5 Å². The Hall–Kier alpha value is -1.61. The van der Waals surface area contributed by atoms with E-state index in [0.717, 1.165) is 0 Å². The van der Waals surface area contributed by atoms with Gasteiger partial charge in [0.15, 0.2) is 9.84 Å². The van der Waals surface area contributed by atoms with E-state index in [-0.39, 0.29) is 22.5 Å². The lowest BCUT2D eigenvalue weighted by molar-refractivity contribution is 0.577. The van der Waals surface area contributed by atoms with Crippen molar-refractivity contribution in [3.8, 4) is 6.07 Å². The average molecular weight is 280 g/mol. The maximum atomic E-state index is 13.6. The molecule has 19 heavy (non-hydrogen) atoms. The summed E-state index contributed by atoms with van der Waals surface area (Å²) in [5.41, 5.74) is 0.506. The predicted molar refractivity (Wildman–Crippen MR) is 69.0 cm³/mol. The van der Waals surface area contributed by atoms with Gasteiger partial charge in [-0.15, -0.1) is 0 Å². The molecule has 2 heterocycles. The van der Waals surface area contributed by atoms with Crippen LogP contribution >= 0.6 is 0 Å². The highest BCUT2D eigenvalue weighted by atomic mass is 32.2. The monoisotopic (exact) mass is 280 g/mol. The molecule has 2 fully saturated rings. The second-order valence-electron chi connectivity index (χ2n) is 5.10. The van der Waals surface area contributed by atoms with Crippen molar-refractivity contribution in [3.63, 3.8) is 0 Å². The fraction of sp³-hybridized carbons (Fsp3) is 0.462. The van der Waals surface area contributed by atoms with E-state index in [1.807, 2.05) is 11.0 Å². The maximum absolute atomic E-state index is 13.6. The molecule has 0 amide bonds. The van der Waals surface area contributed by atoms with Gasteiger partial charge in [-0.05, 0) is 24.5 Å². The number of benzene rings is 1. The lowest BCUT2D eigenvalue weighted by Gasteiger charge is -2.20. The zero-order valence-corrected chi connectivity index (χ0v) is 11.0. The number of sulfone groups is 1. The van der Waals surface area contributed by atoms with Crippen molar-refractivity contribution in [1.29, 1.82) is 5.26 Å². The topological polar surface area (TPSA) is 61.2 Å². The Balaban J connectivity index is 1.95. The molecule has 0 bridgehead atoms. The first kappa shape index (κ1) is 12.4. The number of anilines is 1. The van der Waals surface area contributed by atoms with Gasteiger partial charge in [0, 0.05) is 13.1 Å². The van der Waals surface area contributed by atoms with Gasteiger partial charge in [-0.2, -0.15) is 5.26 Å². The molecule has 0 radical (unpaired) electrons. The van der Waals surface area contributed by atoms with E-state index < -0.39 is 15.7 Å². The van der Waals surface area contributed by atoms with Gasteiger partial charge in [0.05, 0.1) is 16.7 Å². The van der Waals surface area contributed by atoms with Gasteiger partial charge in [0.1, 0.15) is 17.4 Å². The molecule has 0 unspecified atom stereocenters. The molecule has 6 heteroatoms. The Kier molecular flexibility index (Phi) is 2.75. The minimum absolute atomic E-state index is 0.000119. The van der Waals surface area contributed by atoms with Gasteiger partial charge in [0.25, 0.3) is 0 Å².